The molecule has 7 heteroatoms. The van der Waals surface area contributed by atoms with E-state index in [1.807, 2.05) is 6.07 Å². The molecule has 1 heterocycles. The molecule has 0 bridgehead atoms. The minimum Gasteiger partial charge on any atom is -0.345 e. The smallest absolute Gasteiger partial charge is 0.251 e. The molecule has 0 aliphatic carbocycles. The molecule has 1 aromatic heterocycles. The number of nitrogens with zero attached hydrogens (tertiary/aromatic N) is 2. The number of aromatic nitrogens is 3. The Morgan fingerprint density at radius 3 is 2.48 bits per heavy atom. The van der Waals surface area contributed by atoms with E-state index in [0.717, 1.165) is 0 Å². The van der Waals surface area contributed by atoms with Gasteiger partial charge in [-0.2, -0.15) is 5.10 Å². The van der Waals surface area contributed by atoms with Crippen molar-refractivity contribution < 1.29 is 9.59 Å². The quantitative estimate of drug-likeness (QED) is 0.757. The van der Waals surface area contributed by atoms with E-state index in [0.29, 0.717) is 11.4 Å². The van der Waals surface area contributed by atoms with Gasteiger partial charge in [0.2, 0.25) is 5.91 Å². The molecule has 110 valence electrons. The van der Waals surface area contributed by atoms with Gasteiger partial charge in [0.25, 0.3) is 5.91 Å². The van der Waals surface area contributed by atoms with Crippen LogP contribution in [0.3, 0.4) is 0 Å². The molecule has 0 aliphatic heterocycles. The van der Waals surface area contributed by atoms with Crippen LogP contribution >= 0.6 is 0 Å². The van der Waals surface area contributed by atoms with Crippen molar-refractivity contribution in [2.45, 2.75) is 25.9 Å². The predicted molar refractivity (Wildman–Crippen MR) is 76.3 cm³/mol. The van der Waals surface area contributed by atoms with E-state index in [4.69, 9.17) is 0 Å². The summed E-state index contributed by atoms with van der Waals surface area (Å²) in [5.41, 5.74) is 0.514. The Morgan fingerprint density at radius 1 is 1.14 bits per heavy atom. The van der Waals surface area contributed by atoms with Crippen molar-refractivity contribution in [3.8, 4) is 0 Å². The zero-order valence-electron chi connectivity index (χ0n) is 11.8. The van der Waals surface area contributed by atoms with Gasteiger partial charge in [-0.15, -0.1) is 0 Å². The maximum Gasteiger partial charge on any atom is 0.251 e. The molecule has 0 saturated carbocycles. The van der Waals surface area contributed by atoms with Gasteiger partial charge >= 0.3 is 0 Å². The number of carbonyl (C=O) groups is 2. The summed E-state index contributed by atoms with van der Waals surface area (Å²) in [5.74, 6) is -0.0151. The first-order chi connectivity index (χ1) is 10.1. The number of H-pyrrole nitrogens is 1. The number of hydrogen-bond acceptors (Lipinski definition) is 4. The van der Waals surface area contributed by atoms with Crippen molar-refractivity contribution in [1.29, 1.82) is 0 Å². The van der Waals surface area contributed by atoms with E-state index in [1.54, 1.807) is 38.1 Å². The van der Waals surface area contributed by atoms with E-state index >= 15 is 0 Å². The summed E-state index contributed by atoms with van der Waals surface area (Å²) in [7, 11) is 0. The molecule has 21 heavy (non-hydrogen) atoms. The van der Waals surface area contributed by atoms with Gasteiger partial charge in [0.15, 0.2) is 0 Å². The monoisotopic (exact) mass is 287 g/mol. The fourth-order valence-electron chi connectivity index (χ4n) is 1.77. The number of aromatic amines is 1. The predicted octanol–water partition coefficient (Wildman–Crippen LogP) is 0.800. The average molecular weight is 287 g/mol. The summed E-state index contributed by atoms with van der Waals surface area (Å²) in [6.45, 7) is 3.41. The summed E-state index contributed by atoms with van der Waals surface area (Å²) >= 11 is 0. The lowest BCUT2D eigenvalue weighted by molar-refractivity contribution is -0.123. The molecule has 0 radical (unpaired) electrons. The van der Waals surface area contributed by atoms with E-state index in [1.165, 1.54) is 6.33 Å². The first-order valence-electron chi connectivity index (χ1n) is 6.59. The second kappa shape index (κ2) is 6.65. The van der Waals surface area contributed by atoms with E-state index in [2.05, 4.69) is 25.8 Å². The summed E-state index contributed by atoms with van der Waals surface area (Å²) in [4.78, 5) is 28.0. The van der Waals surface area contributed by atoms with E-state index in [9.17, 15) is 9.59 Å². The van der Waals surface area contributed by atoms with Crippen LogP contribution in [0.5, 0.6) is 0 Å². The summed E-state index contributed by atoms with van der Waals surface area (Å²) in [6.07, 6.45) is 1.37. The van der Waals surface area contributed by atoms with Gasteiger partial charge in [-0.3, -0.25) is 14.7 Å². The molecule has 0 fully saturated rings. The largest absolute Gasteiger partial charge is 0.345 e. The van der Waals surface area contributed by atoms with Gasteiger partial charge in [-0.05, 0) is 26.0 Å². The van der Waals surface area contributed by atoms with Gasteiger partial charge in [0, 0.05) is 5.56 Å². The third-order valence-electron chi connectivity index (χ3n) is 2.98. The lowest BCUT2D eigenvalue weighted by Gasteiger charge is -2.17. The molecule has 0 spiro atoms. The molecule has 0 aliphatic rings. The van der Waals surface area contributed by atoms with Crippen molar-refractivity contribution in [3.63, 3.8) is 0 Å². The highest BCUT2D eigenvalue weighted by molar-refractivity contribution is 5.97. The number of carbonyl (C=O) groups excluding carboxylic acids is 2. The van der Waals surface area contributed by atoms with Gasteiger partial charge in [0.1, 0.15) is 18.2 Å². The number of hydrogen-bond donors (Lipinski definition) is 3. The lowest BCUT2D eigenvalue weighted by atomic mass is 10.2. The molecule has 0 saturated heterocycles. The molecular formula is C14H17N5O2. The van der Waals surface area contributed by atoms with E-state index in [-0.39, 0.29) is 17.9 Å². The molecule has 3 N–H and O–H groups in total. The van der Waals surface area contributed by atoms with Crippen molar-refractivity contribution in [2.75, 3.05) is 0 Å². The first-order valence-corrected chi connectivity index (χ1v) is 6.59. The van der Waals surface area contributed by atoms with Crippen LogP contribution in [-0.2, 0) is 4.79 Å². The third kappa shape index (κ3) is 3.88. The molecule has 2 rings (SSSR count). The van der Waals surface area contributed by atoms with Crippen LogP contribution in [0.4, 0.5) is 0 Å². The summed E-state index contributed by atoms with van der Waals surface area (Å²) in [5, 5.41) is 11.8. The Kier molecular flexibility index (Phi) is 4.65. The average Bonchev–Trinajstić information content (AvgIpc) is 3.02. The number of nitrogens with one attached hydrogen (secondary N) is 3. The minimum absolute atomic E-state index is 0.287. The molecular weight excluding hydrogens is 270 g/mol. The van der Waals surface area contributed by atoms with Crippen LogP contribution < -0.4 is 10.6 Å². The summed E-state index contributed by atoms with van der Waals surface area (Å²) in [6, 6.07) is 7.79. The maximum atomic E-state index is 12.0. The Labute approximate surface area is 122 Å². The highest BCUT2D eigenvalue weighted by atomic mass is 16.2. The van der Waals surface area contributed by atoms with Gasteiger partial charge in [-0.25, -0.2) is 4.98 Å². The van der Waals surface area contributed by atoms with Crippen LogP contribution in [0.2, 0.25) is 0 Å². The maximum absolute atomic E-state index is 12.0. The van der Waals surface area contributed by atoms with Crippen molar-refractivity contribution in [1.82, 2.24) is 25.8 Å². The van der Waals surface area contributed by atoms with Crippen LogP contribution in [-0.4, -0.2) is 33.0 Å². The Bertz CT molecular complexity index is 597. The van der Waals surface area contributed by atoms with Crippen LogP contribution in [0.15, 0.2) is 36.7 Å². The Morgan fingerprint density at radius 2 is 1.86 bits per heavy atom. The normalized spacial score (nSPS) is 13.2. The summed E-state index contributed by atoms with van der Waals surface area (Å²) < 4.78 is 0. The van der Waals surface area contributed by atoms with Crippen molar-refractivity contribution in [2.24, 2.45) is 0 Å². The van der Waals surface area contributed by atoms with Crippen LogP contribution in [0.1, 0.15) is 36.1 Å². The first kappa shape index (κ1) is 14.7. The standard InChI is InChI=1S/C14H17N5O2/c1-9(12-15-8-16-19-12)17-13(20)10(2)18-14(21)11-6-4-3-5-7-11/h3-10H,1-2H3,(H,17,20)(H,18,21)(H,15,16,19). The fraction of sp³-hybridized carbons (Fsp3) is 0.286. The number of amides is 2. The van der Waals surface area contributed by atoms with Gasteiger partial charge in [0.05, 0.1) is 6.04 Å². The Hall–Kier alpha value is -2.70. The van der Waals surface area contributed by atoms with Crippen molar-refractivity contribution in [3.05, 3.63) is 48.0 Å². The third-order valence-corrected chi connectivity index (χ3v) is 2.98. The zero-order valence-corrected chi connectivity index (χ0v) is 11.8. The van der Waals surface area contributed by atoms with Crippen LogP contribution in [0, 0.1) is 0 Å². The van der Waals surface area contributed by atoms with Gasteiger partial charge in [-0.1, -0.05) is 18.2 Å². The SMILES string of the molecule is CC(NC(=O)c1ccccc1)C(=O)NC(C)c1ncn[nH]1. The minimum atomic E-state index is -0.650. The fourth-order valence-corrected chi connectivity index (χ4v) is 1.77. The molecule has 1 aromatic carbocycles. The van der Waals surface area contributed by atoms with Gasteiger partial charge < -0.3 is 10.6 Å². The molecule has 2 unspecified atom stereocenters. The lowest BCUT2D eigenvalue weighted by Crippen LogP contribution is -2.45. The molecule has 2 aromatic rings. The highest BCUT2D eigenvalue weighted by Gasteiger charge is 2.19. The molecule has 7 nitrogen and oxygen atoms in total. The highest BCUT2D eigenvalue weighted by Crippen LogP contribution is 2.04. The van der Waals surface area contributed by atoms with E-state index < -0.39 is 6.04 Å². The number of rotatable bonds is 5. The Balaban J connectivity index is 1.89. The second-order valence-corrected chi connectivity index (χ2v) is 4.66. The number of benzene rings is 1. The molecule has 2 atom stereocenters. The molecule has 2 amide bonds. The van der Waals surface area contributed by atoms with Crippen molar-refractivity contribution >= 4 is 11.8 Å². The second-order valence-electron chi connectivity index (χ2n) is 4.66. The topological polar surface area (TPSA) is 99.8 Å². The van der Waals surface area contributed by atoms with Crippen LogP contribution in [0.25, 0.3) is 0 Å². The zero-order chi connectivity index (χ0) is 15.2.